The summed E-state index contributed by atoms with van der Waals surface area (Å²) in [7, 11) is 0. The molecule has 1 saturated heterocycles. The molecule has 0 atom stereocenters. The average Bonchev–Trinajstić information content (AvgIpc) is 3.58. The van der Waals surface area contributed by atoms with Crippen molar-refractivity contribution in [3.05, 3.63) is 78.2 Å². The van der Waals surface area contributed by atoms with Gasteiger partial charge in [0.2, 0.25) is 5.91 Å². The van der Waals surface area contributed by atoms with Crippen LogP contribution in [0.15, 0.2) is 67.1 Å². The van der Waals surface area contributed by atoms with Crippen LogP contribution < -0.4 is 10.6 Å². The summed E-state index contributed by atoms with van der Waals surface area (Å²) in [4.78, 5) is 39.8. The molecule has 5 rings (SSSR count). The van der Waals surface area contributed by atoms with Gasteiger partial charge < -0.3 is 20.5 Å². The van der Waals surface area contributed by atoms with Crippen LogP contribution in [0.25, 0.3) is 11.0 Å². The van der Waals surface area contributed by atoms with Crippen molar-refractivity contribution in [1.29, 1.82) is 0 Å². The number of hydrogen-bond acceptors (Lipinski definition) is 6. The molecule has 1 aliphatic heterocycles. The van der Waals surface area contributed by atoms with Crippen molar-refractivity contribution < 1.29 is 9.59 Å². The van der Waals surface area contributed by atoms with E-state index in [2.05, 4.69) is 30.5 Å². The number of carbonyl (C=O) groups excluding carboxylic acids is 2. The number of anilines is 3. The first-order valence-corrected chi connectivity index (χ1v) is 12.5. The quantitative estimate of drug-likeness (QED) is 0.214. The number of likely N-dealkylation sites (tertiary alicyclic amines) is 1. The molecule has 3 heterocycles. The van der Waals surface area contributed by atoms with Gasteiger partial charge in [-0.3, -0.25) is 9.59 Å². The first kappa shape index (κ1) is 23.7. The number of H-pyrrole nitrogens is 1. The maximum atomic E-state index is 13.1. The van der Waals surface area contributed by atoms with Crippen LogP contribution in [0.4, 0.5) is 17.2 Å². The van der Waals surface area contributed by atoms with E-state index in [0.717, 1.165) is 25.1 Å². The number of ketones is 1. The molecule has 4 aromatic rings. The summed E-state index contributed by atoms with van der Waals surface area (Å²) in [6.45, 7) is 3.46. The van der Waals surface area contributed by atoms with E-state index in [-0.39, 0.29) is 11.7 Å². The summed E-state index contributed by atoms with van der Waals surface area (Å²) in [5.74, 6) is 0.427. The molecule has 3 N–H and O–H groups in total. The molecular formula is C28H30N6O2. The molecule has 184 valence electrons. The van der Waals surface area contributed by atoms with E-state index in [1.54, 1.807) is 18.3 Å². The molecule has 0 aliphatic carbocycles. The summed E-state index contributed by atoms with van der Waals surface area (Å²) in [5, 5.41) is 6.91. The number of rotatable bonds is 10. The molecule has 1 amide bonds. The van der Waals surface area contributed by atoms with Crippen LogP contribution in [0.1, 0.15) is 48.0 Å². The Balaban J connectivity index is 1.25. The number of nitrogens with zero attached hydrogens (tertiary/aromatic N) is 3. The Morgan fingerprint density at radius 2 is 1.75 bits per heavy atom. The van der Waals surface area contributed by atoms with Crippen LogP contribution in [0.2, 0.25) is 0 Å². The zero-order chi connectivity index (χ0) is 24.7. The van der Waals surface area contributed by atoms with Gasteiger partial charge >= 0.3 is 0 Å². The number of nitrogens with one attached hydrogen (secondary N) is 3. The third-order valence-electron chi connectivity index (χ3n) is 6.49. The number of amides is 1. The van der Waals surface area contributed by atoms with E-state index in [1.165, 1.54) is 32.3 Å². The molecule has 8 nitrogen and oxygen atoms in total. The summed E-state index contributed by atoms with van der Waals surface area (Å²) >= 11 is 0. The summed E-state index contributed by atoms with van der Waals surface area (Å²) in [6.07, 6.45) is 8.13. The minimum absolute atomic E-state index is 0.0133. The fraction of sp³-hybridized carbons (Fsp3) is 0.286. The van der Waals surface area contributed by atoms with Crippen molar-refractivity contribution in [3.8, 4) is 0 Å². The second-order valence-electron chi connectivity index (χ2n) is 9.10. The van der Waals surface area contributed by atoms with E-state index < -0.39 is 0 Å². The highest BCUT2D eigenvalue weighted by molar-refractivity contribution is 6.18. The highest BCUT2D eigenvalue weighted by atomic mass is 16.1. The molecule has 2 aromatic carbocycles. The molecule has 2 aromatic heterocycles. The summed E-state index contributed by atoms with van der Waals surface area (Å²) < 4.78 is 0. The van der Waals surface area contributed by atoms with E-state index in [4.69, 9.17) is 0 Å². The zero-order valence-corrected chi connectivity index (χ0v) is 20.2. The van der Waals surface area contributed by atoms with Crippen LogP contribution >= 0.6 is 0 Å². The Morgan fingerprint density at radius 1 is 0.944 bits per heavy atom. The molecule has 0 spiro atoms. The number of benzene rings is 2. The number of aromatic amines is 1. The van der Waals surface area contributed by atoms with Gasteiger partial charge in [-0.2, -0.15) is 0 Å². The highest BCUT2D eigenvalue weighted by Crippen LogP contribution is 2.28. The minimum Gasteiger partial charge on any atom is -0.345 e. The lowest BCUT2D eigenvalue weighted by Gasteiger charge is -2.14. The number of hydrogen-bond donors (Lipinski definition) is 3. The minimum atomic E-state index is -0.106. The summed E-state index contributed by atoms with van der Waals surface area (Å²) in [5.41, 5.74) is 3.13. The first-order chi connectivity index (χ1) is 17.7. The Labute approximate surface area is 210 Å². The average molecular weight is 483 g/mol. The maximum Gasteiger partial charge on any atom is 0.224 e. The predicted octanol–water partition coefficient (Wildman–Crippen LogP) is 5.14. The van der Waals surface area contributed by atoms with E-state index >= 15 is 0 Å². The predicted molar refractivity (Wildman–Crippen MR) is 142 cm³/mol. The van der Waals surface area contributed by atoms with E-state index in [0.29, 0.717) is 40.1 Å². The van der Waals surface area contributed by atoms with Crippen molar-refractivity contribution in [3.63, 3.8) is 0 Å². The first-order valence-electron chi connectivity index (χ1n) is 12.5. The van der Waals surface area contributed by atoms with Crippen LogP contribution in [-0.2, 0) is 4.79 Å². The second-order valence-corrected chi connectivity index (χ2v) is 9.10. The second kappa shape index (κ2) is 11.1. The number of fused-ring (bicyclic) bond motifs is 1. The number of aromatic nitrogens is 3. The monoisotopic (exact) mass is 482 g/mol. The third kappa shape index (κ3) is 5.60. The topological polar surface area (TPSA) is 103 Å². The van der Waals surface area contributed by atoms with Gasteiger partial charge in [-0.05, 0) is 63.5 Å². The van der Waals surface area contributed by atoms with E-state index in [9.17, 15) is 9.59 Å². The molecular weight excluding hydrogens is 452 g/mol. The summed E-state index contributed by atoms with van der Waals surface area (Å²) in [6, 6.07) is 16.6. The Morgan fingerprint density at radius 3 is 2.58 bits per heavy atom. The van der Waals surface area contributed by atoms with Crippen molar-refractivity contribution >= 4 is 39.9 Å². The molecule has 1 fully saturated rings. The van der Waals surface area contributed by atoms with Crippen LogP contribution in [0.5, 0.6) is 0 Å². The SMILES string of the molecule is O=C(CCCCN1CCCC1)Nc1cccc(Nc2ncnc3[nH]cc(C(=O)c4ccccc4)c23)c1. The van der Waals surface area contributed by atoms with Crippen molar-refractivity contribution in [2.24, 2.45) is 0 Å². The molecule has 0 bridgehead atoms. The van der Waals surface area contributed by atoms with Crippen molar-refractivity contribution in [2.75, 3.05) is 30.3 Å². The lowest BCUT2D eigenvalue weighted by atomic mass is 10.0. The van der Waals surface area contributed by atoms with Crippen LogP contribution in [0.3, 0.4) is 0 Å². The largest absolute Gasteiger partial charge is 0.345 e. The Kier molecular flexibility index (Phi) is 7.33. The molecule has 36 heavy (non-hydrogen) atoms. The smallest absolute Gasteiger partial charge is 0.224 e. The number of carbonyl (C=O) groups is 2. The fourth-order valence-corrected chi connectivity index (χ4v) is 4.64. The zero-order valence-electron chi connectivity index (χ0n) is 20.2. The Bertz CT molecular complexity index is 1340. The molecule has 1 aliphatic rings. The third-order valence-corrected chi connectivity index (χ3v) is 6.49. The molecule has 0 radical (unpaired) electrons. The lowest BCUT2D eigenvalue weighted by molar-refractivity contribution is -0.116. The van der Waals surface area contributed by atoms with Gasteiger partial charge in [0.25, 0.3) is 0 Å². The molecule has 8 heteroatoms. The fourth-order valence-electron chi connectivity index (χ4n) is 4.64. The van der Waals surface area contributed by atoms with Gasteiger partial charge in [-0.25, -0.2) is 9.97 Å². The van der Waals surface area contributed by atoms with Gasteiger partial charge in [-0.1, -0.05) is 36.4 Å². The van der Waals surface area contributed by atoms with Gasteiger partial charge in [0, 0.05) is 29.6 Å². The maximum absolute atomic E-state index is 13.1. The molecule has 0 unspecified atom stereocenters. The van der Waals surface area contributed by atoms with Crippen molar-refractivity contribution in [2.45, 2.75) is 32.1 Å². The normalized spacial score (nSPS) is 13.7. The lowest BCUT2D eigenvalue weighted by Crippen LogP contribution is -2.20. The standard InChI is InChI=1S/C28H30N6O2/c35-24(13-4-5-14-34-15-6-7-16-34)32-21-11-8-12-22(17-21)33-28-25-23(18-29-27(25)30-19-31-28)26(36)20-9-2-1-3-10-20/h1-3,8-12,17-19H,4-7,13-16H2,(H,32,35)(H2,29,30,31,33). The van der Waals surface area contributed by atoms with E-state index in [1.807, 2.05) is 42.5 Å². The highest BCUT2D eigenvalue weighted by Gasteiger charge is 2.18. The van der Waals surface area contributed by atoms with Gasteiger partial charge in [0.05, 0.1) is 10.9 Å². The number of unbranched alkanes of at least 4 members (excludes halogenated alkanes) is 1. The molecule has 0 saturated carbocycles. The van der Waals surface area contributed by atoms with Gasteiger partial charge in [-0.15, -0.1) is 0 Å². The van der Waals surface area contributed by atoms with Gasteiger partial charge in [0.15, 0.2) is 5.78 Å². The van der Waals surface area contributed by atoms with Gasteiger partial charge in [0.1, 0.15) is 17.8 Å². The Hall–Kier alpha value is -4.04. The van der Waals surface area contributed by atoms with Crippen molar-refractivity contribution in [1.82, 2.24) is 19.9 Å². The van der Waals surface area contributed by atoms with Crippen LogP contribution in [-0.4, -0.2) is 51.2 Å². The van der Waals surface area contributed by atoms with Crippen LogP contribution in [0, 0.1) is 0 Å².